The maximum atomic E-state index is 5.22. The molecular formula is C13H30N2O2. The summed E-state index contributed by atoms with van der Waals surface area (Å²) < 4.78 is 10.4. The molecule has 0 rings (SSSR count). The van der Waals surface area contributed by atoms with Gasteiger partial charge in [-0.3, -0.25) is 4.90 Å². The van der Waals surface area contributed by atoms with Gasteiger partial charge in [0.1, 0.15) is 0 Å². The highest BCUT2D eigenvalue weighted by atomic mass is 16.7. The standard InChI is InChI=1S/C13H30N2O2/c1-10(2)15(11(3)4)9-8-14-12(5)13(16-6)17-7/h10-14H,8-9H2,1-7H3. The molecule has 0 fully saturated rings. The van der Waals surface area contributed by atoms with Gasteiger partial charge in [-0.15, -0.1) is 0 Å². The van der Waals surface area contributed by atoms with Gasteiger partial charge in [0, 0.05) is 39.4 Å². The molecule has 0 aliphatic carbocycles. The quantitative estimate of drug-likeness (QED) is 0.628. The number of rotatable bonds is 9. The van der Waals surface area contributed by atoms with Crippen LogP contribution in [0.1, 0.15) is 34.6 Å². The van der Waals surface area contributed by atoms with Crippen molar-refractivity contribution in [1.82, 2.24) is 10.2 Å². The lowest BCUT2D eigenvalue weighted by molar-refractivity contribution is -0.119. The predicted octanol–water partition coefficient (Wildman–Crippen LogP) is 1.70. The van der Waals surface area contributed by atoms with Crippen molar-refractivity contribution in [1.29, 1.82) is 0 Å². The second-order valence-corrected chi connectivity index (χ2v) is 5.01. The van der Waals surface area contributed by atoms with E-state index in [1.54, 1.807) is 14.2 Å². The molecule has 0 aromatic rings. The van der Waals surface area contributed by atoms with Crippen molar-refractivity contribution in [3.05, 3.63) is 0 Å². The molecule has 0 aliphatic heterocycles. The van der Waals surface area contributed by atoms with Gasteiger partial charge in [-0.2, -0.15) is 0 Å². The minimum absolute atomic E-state index is 0.179. The topological polar surface area (TPSA) is 33.7 Å². The van der Waals surface area contributed by atoms with E-state index in [9.17, 15) is 0 Å². The van der Waals surface area contributed by atoms with Crippen molar-refractivity contribution in [2.75, 3.05) is 27.3 Å². The van der Waals surface area contributed by atoms with Crippen LogP contribution in [0.15, 0.2) is 0 Å². The lowest BCUT2D eigenvalue weighted by Gasteiger charge is -2.31. The summed E-state index contributed by atoms with van der Waals surface area (Å²) in [6.07, 6.45) is -0.179. The highest BCUT2D eigenvalue weighted by Gasteiger charge is 2.16. The van der Waals surface area contributed by atoms with E-state index < -0.39 is 0 Å². The van der Waals surface area contributed by atoms with Crippen LogP contribution in [-0.4, -0.2) is 56.6 Å². The zero-order valence-electron chi connectivity index (χ0n) is 12.5. The summed E-state index contributed by atoms with van der Waals surface area (Å²) in [7, 11) is 3.34. The van der Waals surface area contributed by atoms with Crippen molar-refractivity contribution < 1.29 is 9.47 Å². The molecule has 0 bridgehead atoms. The first-order chi connectivity index (χ1) is 7.93. The molecule has 0 saturated carbocycles. The molecule has 0 amide bonds. The van der Waals surface area contributed by atoms with E-state index in [0.29, 0.717) is 12.1 Å². The van der Waals surface area contributed by atoms with Gasteiger partial charge >= 0.3 is 0 Å². The Kier molecular flexibility index (Phi) is 8.78. The Morgan fingerprint density at radius 3 is 1.76 bits per heavy atom. The first-order valence-electron chi connectivity index (χ1n) is 6.48. The summed E-state index contributed by atoms with van der Waals surface area (Å²) >= 11 is 0. The molecule has 0 saturated heterocycles. The number of ether oxygens (including phenoxy) is 2. The average molecular weight is 246 g/mol. The summed E-state index contributed by atoms with van der Waals surface area (Å²) in [5.41, 5.74) is 0. The molecule has 104 valence electrons. The van der Waals surface area contributed by atoms with E-state index >= 15 is 0 Å². The number of hydrogen-bond acceptors (Lipinski definition) is 4. The van der Waals surface area contributed by atoms with E-state index in [1.807, 2.05) is 0 Å². The molecule has 1 N–H and O–H groups in total. The summed E-state index contributed by atoms with van der Waals surface area (Å²) in [5, 5.41) is 3.43. The van der Waals surface area contributed by atoms with Gasteiger partial charge in [0.15, 0.2) is 6.29 Å². The molecule has 0 heterocycles. The highest BCUT2D eigenvalue weighted by Crippen LogP contribution is 2.04. The molecule has 4 heteroatoms. The molecule has 0 aromatic carbocycles. The van der Waals surface area contributed by atoms with Gasteiger partial charge < -0.3 is 14.8 Å². The zero-order chi connectivity index (χ0) is 13.4. The molecular weight excluding hydrogens is 216 g/mol. The van der Waals surface area contributed by atoms with Crippen molar-refractivity contribution in [3.63, 3.8) is 0 Å². The van der Waals surface area contributed by atoms with Gasteiger partial charge in [-0.1, -0.05) is 0 Å². The maximum Gasteiger partial charge on any atom is 0.171 e. The van der Waals surface area contributed by atoms with Crippen LogP contribution >= 0.6 is 0 Å². The van der Waals surface area contributed by atoms with Crippen LogP contribution in [0.3, 0.4) is 0 Å². The smallest absolute Gasteiger partial charge is 0.171 e. The average Bonchev–Trinajstić information content (AvgIpc) is 2.24. The Morgan fingerprint density at radius 2 is 1.41 bits per heavy atom. The van der Waals surface area contributed by atoms with Crippen LogP contribution in [0.4, 0.5) is 0 Å². The molecule has 0 aromatic heterocycles. The highest BCUT2D eigenvalue weighted by molar-refractivity contribution is 4.71. The number of nitrogens with zero attached hydrogens (tertiary/aromatic N) is 1. The van der Waals surface area contributed by atoms with Crippen molar-refractivity contribution in [3.8, 4) is 0 Å². The summed E-state index contributed by atoms with van der Waals surface area (Å²) in [4.78, 5) is 2.47. The zero-order valence-corrected chi connectivity index (χ0v) is 12.5. The van der Waals surface area contributed by atoms with Crippen LogP contribution in [-0.2, 0) is 9.47 Å². The van der Waals surface area contributed by atoms with Gasteiger partial charge in [-0.25, -0.2) is 0 Å². The molecule has 0 radical (unpaired) electrons. The van der Waals surface area contributed by atoms with Crippen LogP contribution < -0.4 is 5.32 Å². The van der Waals surface area contributed by atoms with Crippen LogP contribution in [0, 0.1) is 0 Å². The Hall–Kier alpha value is -0.160. The predicted molar refractivity (Wildman–Crippen MR) is 72.2 cm³/mol. The maximum absolute atomic E-state index is 5.22. The second-order valence-electron chi connectivity index (χ2n) is 5.01. The summed E-state index contributed by atoms with van der Waals surface area (Å²) in [6.45, 7) is 13.0. The Morgan fingerprint density at radius 1 is 0.941 bits per heavy atom. The van der Waals surface area contributed by atoms with Crippen LogP contribution in [0.5, 0.6) is 0 Å². The molecule has 1 unspecified atom stereocenters. The molecule has 17 heavy (non-hydrogen) atoms. The third-order valence-corrected chi connectivity index (χ3v) is 3.04. The lowest BCUT2D eigenvalue weighted by Crippen LogP contribution is -2.46. The van der Waals surface area contributed by atoms with Crippen LogP contribution in [0.25, 0.3) is 0 Å². The fourth-order valence-electron chi connectivity index (χ4n) is 2.13. The lowest BCUT2D eigenvalue weighted by atomic mass is 10.2. The van der Waals surface area contributed by atoms with E-state index in [1.165, 1.54) is 0 Å². The molecule has 1 atom stereocenters. The van der Waals surface area contributed by atoms with E-state index in [0.717, 1.165) is 13.1 Å². The minimum Gasteiger partial charge on any atom is -0.354 e. The SMILES string of the molecule is COC(OC)C(C)NCCN(C(C)C)C(C)C. The van der Waals surface area contributed by atoms with E-state index in [2.05, 4.69) is 44.8 Å². The third kappa shape index (κ3) is 6.36. The van der Waals surface area contributed by atoms with Gasteiger partial charge in [-0.05, 0) is 34.6 Å². The van der Waals surface area contributed by atoms with Crippen molar-refractivity contribution >= 4 is 0 Å². The summed E-state index contributed by atoms with van der Waals surface area (Å²) in [6, 6.07) is 1.35. The number of hydrogen-bond donors (Lipinski definition) is 1. The van der Waals surface area contributed by atoms with Crippen molar-refractivity contribution in [2.45, 2.75) is 59.0 Å². The van der Waals surface area contributed by atoms with Gasteiger partial charge in [0.05, 0.1) is 6.04 Å². The van der Waals surface area contributed by atoms with E-state index in [-0.39, 0.29) is 12.3 Å². The first-order valence-corrected chi connectivity index (χ1v) is 6.48. The fourth-order valence-corrected chi connectivity index (χ4v) is 2.13. The Bertz CT molecular complexity index is 174. The fraction of sp³-hybridized carbons (Fsp3) is 1.00. The monoisotopic (exact) mass is 246 g/mol. The Labute approximate surface area is 107 Å². The van der Waals surface area contributed by atoms with Crippen molar-refractivity contribution in [2.24, 2.45) is 0 Å². The summed E-state index contributed by atoms with van der Waals surface area (Å²) in [5.74, 6) is 0. The van der Waals surface area contributed by atoms with Crippen LogP contribution in [0.2, 0.25) is 0 Å². The van der Waals surface area contributed by atoms with Gasteiger partial charge in [0.2, 0.25) is 0 Å². The largest absolute Gasteiger partial charge is 0.354 e. The normalized spacial score (nSPS) is 14.3. The molecule has 4 nitrogen and oxygen atoms in total. The Balaban J connectivity index is 3.95. The first kappa shape index (κ1) is 16.8. The second kappa shape index (κ2) is 8.86. The molecule has 0 spiro atoms. The third-order valence-electron chi connectivity index (χ3n) is 3.04. The van der Waals surface area contributed by atoms with Gasteiger partial charge in [0.25, 0.3) is 0 Å². The minimum atomic E-state index is -0.179. The number of nitrogens with one attached hydrogen (secondary N) is 1. The van der Waals surface area contributed by atoms with E-state index in [4.69, 9.17) is 9.47 Å². The number of methoxy groups -OCH3 is 2. The molecule has 0 aliphatic rings.